The molecule has 0 fully saturated rings. The van der Waals surface area contributed by atoms with Crippen molar-refractivity contribution in [2.24, 2.45) is 5.73 Å². The second kappa shape index (κ2) is 6.42. The molecule has 0 aromatic carbocycles. The fourth-order valence-electron chi connectivity index (χ4n) is 0.995. The van der Waals surface area contributed by atoms with E-state index in [1.807, 2.05) is 0 Å². The number of nitrogens with two attached hydrogens (primary N) is 1. The van der Waals surface area contributed by atoms with Crippen LogP contribution in [0.5, 0.6) is 0 Å². The predicted molar refractivity (Wildman–Crippen MR) is 53.3 cm³/mol. The number of hydrogen-bond acceptors (Lipinski definition) is 4. The van der Waals surface area contributed by atoms with E-state index in [4.69, 9.17) is 22.4 Å². The Hall–Kier alpha value is -2.07. The largest absolute Gasteiger partial charge is 0.481 e. The maximum absolute atomic E-state index is 11.5. The minimum atomic E-state index is -1.29. The smallest absolute Gasteiger partial charge is 0.323 e. The fourth-order valence-corrected chi connectivity index (χ4v) is 0.995. The number of nitrogens with zero attached hydrogens (tertiary/aromatic N) is 1. The molecule has 0 aromatic rings. The van der Waals surface area contributed by atoms with Gasteiger partial charge in [-0.2, -0.15) is 0 Å². The zero-order valence-corrected chi connectivity index (χ0v) is 8.42. The molecule has 0 saturated carbocycles. The summed E-state index contributed by atoms with van der Waals surface area (Å²) in [6.07, 6.45) is 4.38. The van der Waals surface area contributed by atoms with E-state index in [0.29, 0.717) is 0 Å². The quantitative estimate of drug-likeness (QED) is 0.467. The van der Waals surface area contributed by atoms with E-state index in [2.05, 4.69) is 5.92 Å². The highest BCUT2D eigenvalue weighted by molar-refractivity contribution is 5.88. The Balaban J connectivity index is 4.54. The van der Waals surface area contributed by atoms with Crippen LogP contribution in [0.15, 0.2) is 0 Å². The van der Waals surface area contributed by atoms with Gasteiger partial charge in [0.2, 0.25) is 5.91 Å². The van der Waals surface area contributed by atoms with Crippen LogP contribution in [0.3, 0.4) is 0 Å². The lowest BCUT2D eigenvalue weighted by molar-refractivity contribution is -0.146. The molecule has 88 valence electrons. The van der Waals surface area contributed by atoms with E-state index >= 15 is 0 Å². The Morgan fingerprint density at radius 1 is 1.31 bits per heavy atom. The molecule has 0 aliphatic carbocycles. The summed E-state index contributed by atoms with van der Waals surface area (Å²) in [6, 6.07) is -1.29. The molecular weight excluding hydrogens is 216 g/mol. The number of carbonyl (C=O) groups is 3. The van der Waals surface area contributed by atoms with Gasteiger partial charge in [0, 0.05) is 0 Å². The number of aliphatic carboxylic acids is 2. The number of carboxylic acids is 2. The van der Waals surface area contributed by atoms with Crippen molar-refractivity contribution in [2.75, 3.05) is 13.1 Å². The Labute approximate surface area is 91.8 Å². The summed E-state index contributed by atoms with van der Waals surface area (Å²) in [6.45, 7) is -0.825. The monoisotopic (exact) mass is 228 g/mol. The molecule has 0 heterocycles. The highest BCUT2D eigenvalue weighted by Crippen LogP contribution is 1.97. The number of amides is 1. The van der Waals surface area contributed by atoms with E-state index in [1.54, 1.807) is 0 Å². The molecule has 1 unspecified atom stereocenters. The Morgan fingerprint density at radius 2 is 1.88 bits per heavy atom. The highest BCUT2D eigenvalue weighted by Gasteiger charge is 2.24. The molecule has 0 saturated heterocycles. The Bertz CT molecular complexity index is 333. The molecule has 0 aromatic heterocycles. The van der Waals surface area contributed by atoms with Crippen LogP contribution in [0.1, 0.15) is 6.42 Å². The van der Waals surface area contributed by atoms with Gasteiger partial charge < -0.3 is 20.8 Å². The summed E-state index contributed by atoms with van der Waals surface area (Å²) in [5.41, 5.74) is 5.29. The van der Waals surface area contributed by atoms with Crippen LogP contribution >= 0.6 is 0 Å². The maximum atomic E-state index is 11.5. The van der Waals surface area contributed by atoms with Gasteiger partial charge in [0.25, 0.3) is 0 Å². The third-order valence-electron chi connectivity index (χ3n) is 1.63. The number of hydrogen-bond donors (Lipinski definition) is 3. The predicted octanol–water partition coefficient (Wildman–Crippen LogP) is -1.67. The minimum Gasteiger partial charge on any atom is -0.481 e. The van der Waals surface area contributed by atoms with Gasteiger partial charge in [0.05, 0.1) is 19.0 Å². The van der Waals surface area contributed by atoms with E-state index < -0.39 is 36.9 Å². The van der Waals surface area contributed by atoms with Gasteiger partial charge in [-0.05, 0) is 0 Å². The first-order valence-electron chi connectivity index (χ1n) is 4.30. The second-order valence-corrected chi connectivity index (χ2v) is 3.00. The summed E-state index contributed by atoms with van der Waals surface area (Å²) in [5.74, 6) is -1.17. The van der Waals surface area contributed by atoms with Crippen LogP contribution in [-0.2, 0) is 14.4 Å². The standard InChI is InChI=1S/C9H12N2O5/c1-2-3-11(5-8(14)15)9(16)6(10)4-7(12)13/h1,6H,3-5,10H2,(H,12,13)(H,14,15). The zero-order valence-electron chi connectivity index (χ0n) is 8.42. The normalized spacial score (nSPS) is 11.2. The molecule has 7 heteroatoms. The average Bonchev–Trinajstić information content (AvgIpc) is 2.14. The van der Waals surface area contributed by atoms with Crippen LogP contribution < -0.4 is 5.73 Å². The second-order valence-electron chi connectivity index (χ2n) is 3.00. The molecule has 0 aliphatic rings. The van der Waals surface area contributed by atoms with Crippen LogP contribution in [0.4, 0.5) is 0 Å². The summed E-state index contributed by atoms with van der Waals surface area (Å²) in [5, 5.41) is 16.9. The van der Waals surface area contributed by atoms with E-state index in [1.165, 1.54) is 0 Å². The van der Waals surface area contributed by atoms with Gasteiger partial charge in [-0.15, -0.1) is 6.42 Å². The summed E-state index contributed by atoms with van der Waals surface area (Å²) in [7, 11) is 0. The van der Waals surface area contributed by atoms with Crippen molar-refractivity contribution in [2.45, 2.75) is 12.5 Å². The summed E-state index contributed by atoms with van der Waals surface area (Å²) in [4.78, 5) is 33.0. The zero-order chi connectivity index (χ0) is 12.7. The lowest BCUT2D eigenvalue weighted by Crippen LogP contribution is -2.46. The van der Waals surface area contributed by atoms with Crippen molar-refractivity contribution >= 4 is 17.8 Å². The lowest BCUT2D eigenvalue weighted by atomic mass is 10.2. The van der Waals surface area contributed by atoms with Crippen LogP contribution in [0.25, 0.3) is 0 Å². The fraction of sp³-hybridized carbons (Fsp3) is 0.444. The first-order chi connectivity index (χ1) is 7.38. The maximum Gasteiger partial charge on any atom is 0.323 e. The molecule has 0 bridgehead atoms. The van der Waals surface area contributed by atoms with Gasteiger partial charge in [-0.3, -0.25) is 14.4 Å². The van der Waals surface area contributed by atoms with Crippen molar-refractivity contribution in [3.05, 3.63) is 0 Å². The van der Waals surface area contributed by atoms with Gasteiger partial charge in [0.1, 0.15) is 6.54 Å². The Kier molecular flexibility index (Phi) is 5.59. The van der Waals surface area contributed by atoms with E-state index in [9.17, 15) is 14.4 Å². The van der Waals surface area contributed by atoms with Gasteiger partial charge in [-0.1, -0.05) is 5.92 Å². The van der Waals surface area contributed by atoms with Crippen molar-refractivity contribution in [1.82, 2.24) is 4.90 Å². The van der Waals surface area contributed by atoms with Gasteiger partial charge >= 0.3 is 11.9 Å². The molecule has 0 radical (unpaired) electrons. The number of terminal acetylenes is 1. The van der Waals surface area contributed by atoms with Crippen LogP contribution in [0, 0.1) is 12.3 Å². The summed E-state index contributed by atoms with van der Waals surface area (Å²) >= 11 is 0. The highest BCUT2D eigenvalue weighted by atomic mass is 16.4. The third kappa shape index (κ3) is 4.97. The SMILES string of the molecule is C#CCN(CC(=O)O)C(=O)C(N)CC(=O)O. The first-order valence-corrected chi connectivity index (χ1v) is 4.30. The molecule has 1 amide bonds. The lowest BCUT2D eigenvalue weighted by Gasteiger charge is -2.20. The van der Waals surface area contributed by atoms with Crippen LogP contribution in [0.2, 0.25) is 0 Å². The molecule has 0 spiro atoms. The van der Waals surface area contributed by atoms with Crippen molar-refractivity contribution < 1.29 is 24.6 Å². The minimum absolute atomic E-state index is 0.224. The number of carbonyl (C=O) groups excluding carboxylic acids is 1. The first kappa shape index (κ1) is 13.9. The van der Waals surface area contributed by atoms with Crippen LogP contribution in [-0.4, -0.2) is 52.1 Å². The molecule has 1 atom stereocenters. The third-order valence-corrected chi connectivity index (χ3v) is 1.63. The average molecular weight is 228 g/mol. The molecule has 4 N–H and O–H groups in total. The Morgan fingerprint density at radius 3 is 2.25 bits per heavy atom. The van der Waals surface area contributed by atoms with Gasteiger partial charge in [0.15, 0.2) is 0 Å². The summed E-state index contributed by atoms with van der Waals surface area (Å²) < 4.78 is 0. The molecule has 0 aliphatic heterocycles. The van der Waals surface area contributed by atoms with Crippen molar-refractivity contribution in [3.8, 4) is 12.3 Å². The topological polar surface area (TPSA) is 121 Å². The van der Waals surface area contributed by atoms with E-state index in [0.717, 1.165) is 4.90 Å². The molecule has 16 heavy (non-hydrogen) atoms. The number of rotatable bonds is 6. The number of carboxylic acid groups (broad SMARTS) is 2. The molecular formula is C9H12N2O5. The molecule has 0 rings (SSSR count). The van der Waals surface area contributed by atoms with E-state index in [-0.39, 0.29) is 6.54 Å². The van der Waals surface area contributed by atoms with Crippen molar-refractivity contribution in [1.29, 1.82) is 0 Å². The van der Waals surface area contributed by atoms with Crippen molar-refractivity contribution in [3.63, 3.8) is 0 Å². The van der Waals surface area contributed by atoms with Gasteiger partial charge in [-0.25, -0.2) is 0 Å². The molecule has 7 nitrogen and oxygen atoms in total.